The Morgan fingerprint density at radius 3 is 2.94 bits per heavy atom. The third-order valence-corrected chi connectivity index (χ3v) is 3.64. The Bertz CT molecular complexity index is 681. The van der Waals surface area contributed by atoms with Crippen LogP contribution in [0.5, 0.6) is 0 Å². The lowest BCUT2D eigenvalue weighted by Gasteiger charge is -2.13. The average molecular weight is 218 g/mol. The van der Waals surface area contributed by atoms with Crippen molar-refractivity contribution in [2.75, 3.05) is 0 Å². The highest BCUT2D eigenvalue weighted by Crippen LogP contribution is 2.41. The average Bonchev–Trinajstić information content (AvgIpc) is 2.92. The standard InChI is InChI=1S/C16H10O/c17-16-14-7-3-5-11(14)9-12-8-10-4-1-2-6-13(10)15(12)16/h1-7,9H,8H2. The topological polar surface area (TPSA) is 17.1 Å². The number of allylic oxidation sites excluding steroid dienone is 8. The van der Waals surface area contributed by atoms with E-state index in [0.717, 1.165) is 28.7 Å². The summed E-state index contributed by atoms with van der Waals surface area (Å²) in [5.41, 5.74) is 6.40. The summed E-state index contributed by atoms with van der Waals surface area (Å²) in [6, 6.07) is 8.20. The number of carbonyl (C=O) groups is 1. The van der Waals surface area contributed by atoms with E-state index in [1.807, 2.05) is 30.4 Å². The zero-order chi connectivity index (χ0) is 11.4. The minimum absolute atomic E-state index is 0.187. The van der Waals surface area contributed by atoms with Gasteiger partial charge in [0.05, 0.1) is 0 Å². The minimum Gasteiger partial charge on any atom is -0.289 e. The molecule has 0 bridgehead atoms. The fourth-order valence-electron chi connectivity index (χ4n) is 2.87. The number of ketones is 1. The van der Waals surface area contributed by atoms with Crippen LogP contribution in [0.15, 0.2) is 65.3 Å². The second-order valence-corrected chi connectivity index (χ2v) is 4.60. The Kier molecular flexibility index (Phi) is 1.55. The van der Waals surface area contributed by atoms with Crippen molar-refractivity contribution < 1.29 is 4.79 Å². The van der Waals surface area contributed by atoms with Crippen LogP contribution in [0, 0.1) is 0 Å². The Labute approximate surface area is 99.5 Å². The van der Waals surface area contributed by atoms with Crippen molar-refractivity contribution in [1.29, 1.82) is 0 Å². The molecule has 0 amide bonds. The summed E-state index contributed by atoms with van der Waals surface area (Å²) in [5.74, 6) is 0.187. The SMILES string of the molecule is O=C1C2=CC=CC2=CC2=C1c1ccccc1C2. The molecule has 0 aliphatic heterocycles. The molecule has 3 aliphatic carbocycles. The summed E-state index contributed by atoms with van der Waals surface area (Å²) in [6.45, 7) is 0. The molecule has 17 heavy (non-hydrogen) atoms. The van der Waals surface area contributed by atoms with E-state index in [2.05, 4.69) is 18.2 Å². The highest BCUT2D eigenvalue weighted by molar-refractivity contribution is 6.34. The van der Waals surface area contributed by atoms with E-state index >= 15 is 0 Å². The third kappa shape index (κ3) is 1.06. The highest BCUT2D eigenvalue weighted by Gasteiger charge is 2.32. The number of hydrogen-bond donors (Lipinski definition) is 0. The first-order valence-corrected chi connectivity index (χ1v) is 5.81. The van der Waals surface area contributed by atoms with Crippen LogP contribution in [-0.4, -0.2) is 5.78 Å². The number of rotatable bonds is 0. The molecule has 0 fully saturated rings. The molecule has 0 spiro atoms. The van der Waals surface area contributed by atoms with Gasteiger partial charge < -0.3 is 0 Å². The van der Waals surface area contributed by atoms with Gasteiger partial charge in [0.25, 0.3) is 0 Å². The Morgan fingerprint density at radius 1 is 1.12 bits per heavy atom. The van der Waals surface area contributed by atoms with Crippen molar-refractivity contribution in [3.05, 3.63) is 76.4 Å². The molecular formula is C16H10O. The van der Waals surface area contributed by atoms with E-state index in [9.17, 15) is 4.79 Å². The second-order valence-electron chi connectivity index (χ2n) is 4.60. The van der Waals surface area contributed by atoms with Gasteiger partial charge in [0.2, 0.25) is 0 Å². The van der Waals surface area contributed by atoms with Crippen molar-refractivity contribution in [3.8, 4) is 0 Å². The van der Waals surface area contributed by atoms with Crippen molar-refractivity contribution >= 4 is 11.4 Å². The molecule has 0 atom stereocenters. The maximum atomic E-state index is 12.4. The van der Waals surface area contributed by atoms with Gasteiger partial charge in [-0.3, -0.25) is 4.79 Å². The van der Waals surface area contributed by atoms with Gasteiger partial charge in [-0.25, -0.2) is 0 Å². The molecule has 80 valence electrons. The molecule has 3 aliphatic rings. The lowest BCUT2D eigenvalue weighted by molar-refractivity contribution is -0.110. The minimum atomic E-state index is 0.187. The molecule has 1 heteroatoms. The van der Waals surface area contributed by atoms with Crippen LogP contribution in [0.1, 0.15) is 11.1 Å². The van der Waals surface area contributed by atoms with E-state index < -0.39 is 0 Å². The van der Waals surface area contributed by atoms with Gasteiger partial charge in [0, 0.05) is 11.1 Å². The lowest BCUT2D eigenvalue weighted by Crippen LogP contribution is -2.10. The zero-order valence-corrected chi connectivity index (χ0v) is 9.23. The molecule has 1 aromatic carbocycles. The number of Topliss-reactive ketones (excluding diaryl/α,β-unsaturated/α-hetero) is 1. The molecule has 0 saturated heterocycles. The molecule has 1 nitrogen and oxygen atoms in total. The van der Waals surface area contributed by atoms with Crippen molar-refractivity contribution in [2.45, 2.75) is 6.42 Å². The fourth-order valence-corrected chi connectivity index (χ4v) is 2.87. The van der Waals surface area contributed by atoms with Crippen molar-refractivity contribution in [2.24, 2.45) is 0 Å². The Morgan fingerprint density at radius 2 is 2.00 bits per heavy atom. The van der Waals surface area contributed by atoms with E-state index in [-0.39, 0.29) is 5.78 Å². The Hall–Kier alpha value is -2.15. The normalized spacial score (nSPS) is 19.9. The molecule has 0 saturated carbocycles. The fraction of sp³-hybridized carbons (Fsp3) is 0.0625. The molecule has 0 radical (unpaired) electrons. The van der Waals surface area contributed by atoms with E-state index in [1.54, 1.807) is 0 Å². The van der Waals surface area contributed by atoms with E-state index in [4.69, 9.17) is 0 Å². The molecule has 0 heterocycles. The van der Waals surface area contributed by atoms with Gasteiger partial charge >= 0.3 is 0 Å². The van der Waals surface area contributed by atoms with Gasteiger partial charge in [0.15, 0.2) is 5.78 Å². The quantitative estimate of drug-likeness (QED) is 0.654. The van der Waals surface area contributed by atoms with Crippen LogP contribution in [0.25, 0.3) is 5.57 Å². The van der Waals surface area contributed by atoms with E-state index in [1.165, 1.54) is 11.1 Å². The predicted octanol–water partition coefficient (Wildman–Crippen LogP) is 3.00. The predicted molar refractivity (Wildman–Crippen MR) is 67.4 cm³/mol. The first-order valence-electron chi connectivity index (χ1n) is 5.81. The van der Waals surface area contributed by atoms with Crippen LogP contribution in [-0.2, 0) is 11.2 Å². The summed E-state index contributed by atoms with van der Waals surface area (Å²) in [5, 5.41) is 0. The summed E-state index contributed by atoms with van der Waals surface area (Å²) in [7, 11) is 0. The molecule has 1 aromatic rings. The summed E-state index contributed by atoms with van der Waals surface area (Å²) in [6.07, 6.45) is 8.93. The lowest BCUT2D eigenvalue weighted by atomic mass is 9.88. The molecule has 4 rings (SSSR count). The highest BCUT2D eigenvalue weighted by atomic mass is 16.1. The van der Waals surface area contributed by atoms with Gasteiger partial charge in [-0.1, -0.05) is 42.5 Å². The summed E-state index contributed by atoms with van der Waals surface area (Å²) < 4.78 is 0. The smallest absolute Gasteiger partial charge is 0.194 e. The first-order chi connectivity index (χ1) is 8.34. The zero-order valence-electron chi connectivity index (χ0n) is 9.23. The maximum Gasteiger partial charge on any atom is 0.194 e. The summed E-state index contributed by atoms with van der Waals surface area (Å²) >= 11 is 0. The van der Waals surface area contributed by atoms with Gasteiger partial charge in [-0.2, -0.15) is 0 Å². The first kappa shape index (κ1) is 8.94. The third-order valence-electron chi connectivity index (χ3n) is 3.64. The molecule has 0 aromatic heterocycles. The van der Waals surface area contributed by atoms with Crippen molar-refractivity contribution in [1.82, 2.24) is 0 Å². The molecule has 0 unspecified atom stereocenters. The number of hydrogen-bond acceptors (Lipinski definition) is 1. The van der Waals surface area contributed by atoms with Crippen LogP contribution in [0.2, 0.25) is 0 Å². The maximum absolute atomic E-state index is 12.4. The van der Waals surface area contributed by atoms with Crippen LogP contribution >= 0.6 is 0 Å². The number of benzene rings is 1. The van der Waals surface area contributed by atoms with Crippen LogP contribution in [0.4, 0.5) is 0 Å². The number of fused-ring (bicyclic) bond motifs is 3. The van der Waals surface area contributed by atoms with Crippen LogP contribution < -0.4 is 0 Å². The number of carbonyl (C=O) groups excluding carboxylic acids is 1. The van der Waals surface area contributed by atoms with Gasteiger partial charge in [-0.15, -0.1) is 0 Å². The van der Waals surface area contributed by atoms with E-state index in [0.29, 0.717) is 0 Å². The molecular weight excluding hydrogens is 208 g/mol. The van der Waals surface area contributed by atoms with Gasteiger partial charge in [-0.05, 0) is 34.8 Å². The second kappa shape index (κ2) is 2.95. The van der Waals surface area contributed by atoms with Crippen LogP contribution in [0.3, 0.4) is 0 Å². The van der Waals surface area contributed by atoms with Crippen molar-refractivity contribution in [3.63, 3.8) is 0 Å². The Balaban J connectivity index is 1.97. The largest absolute Gasteiger partial charge is 0.289 e. The molecule has 0 N–H and O–H groups in total. The monoisotopic (exact) mass is 218 g/mol. The summed E-state index contributed by atoms with van der Waals surface area (Å²) in [4.78, 5) is 12.4. The van der Waals surface area contributed by atoms with Gasteiger partial charge in [0.1, 0.15) is 0 Å².